The molecule has 1 N–H and O–H groups in total. The van der Waals surface area contributed by atoms with Crippen LogP contribution in [0.25, 0.3) is 0 Å². The van der Waals surface area contributed by atoms with Crippen LogP contribution in [0.1, 0.15) is 52.9 Å². The van der Waals surface area contributed by atoms with Crippen LogP contribution in [0, 0.1) is 17.3 Å². The molecule has 0 bridgehead atoms. The smallest absolute Gasteiger partial charge is 0.00725 e. The SMILES string of the molecule is CC(C)(C)C1CCNC(CC2CC2)C1. The normalized spacial score (nSPS) is 34.5. The van der Waals surface area contributed by atoms with Crippen LogP contribution in [0.5, 0.6) is 0 Å². The summed E-state index contributed by atoms with van der Waals surface area (Å²) in [5.41, 5.74) is 0.518. The van der Waals surface area contributed by atoms with Crippen molar-refractivity contribution in [2.45, 2.75) is 58.9 Å². The van der Waals surface area contributed by atoms with Crippen molar-refractivity contribution in [2.24, 2.45) is 17.3 Å². The molecular formula is C13H25N. The number of nitrogens with one attached hydrogen (secondary N) is 1. The molecule has 2 unspecified atom stereocenters. The van der Waals surface area contributed by atoms with Crippen LogP contribution in [0.3, 0.4) is 0 Å². The predicted molar refractivity (Wildman–Crippen MR) is 61.3 cm³/mol. The molecule has 0 aromatic heterocycles. The van der Waals surface area contributed by atoms with Crippen LogP contribution in [-0.2, 0) is 0 Å². The van der Waals surface area contributed by atoms with Gasteiger partial charge in [-0.2, -0.15) is 0 Å². The maximum atomic E-state index is 3.69. The Morgan fingerprint density at radius 2 is 1.86 bits per heavy atom. The largest absolute Gasteiger partial charge is 0.314 e. The Labute approximate surface area is 88.7 Å². The van der Waals surface area contributed by atoms with E-state index in [4.69, 9.17) is 0 Å². The second kappa shape index (κ2) is 3.84. The third kappa shape index (κ3) is 2.73. The summed E-state index contributed by atoms with van der Waals surface area (Å²) in [5.74, 6) is 2.01. The minimum absolute atomic E-state index is 0.518. The van der Waals surface area contributed by atoms with Crippen molar-refractivity contribution in [3.05, 3.63) is 0 Å². The Kier molecular flexibility index (Phi) is 2.88. The molecule has 1 saturated carbocycles. The molecule has 0 spiro atoms. The minimum Gasteiger partial charge on any atom is -0.314 e. The summed E-state index contributed by atoms with van der Waals surface area (Å²) in [5, 5.41) is 3.69. The first-order valence-electron chi connectivity index (χ1n) is 6.29. The standard InChI is InChI=1S/C13H25N/c1-13(2,3)11-6-7-14-12(9-11)8-10-4-5-10/h10-12,14H,4-9H2,1-3H3. The Bertz CT molecular complexity index is 188. The molecule has 0 amide bonds. The maximum absolute atomic E-state index is 3.69. The van der Waals surface area contributed by atoms with E-state index in [2.05, 4.69) is 26.1 Å². The second-order valence-electron chi connectivity index (χ2n) is 6.42. The van der Waals surface area contributed by atoms with E-state index in [1.165, 1.54) is 38.6 Å². The van der Waals surface area contributed by atoms with E-state index in [1.54, 1.807) is 0 Å². The summed E-state index contributed by atoms with van der Waals surface area (Å²) in [4.78, 5) is 0. The number of hydrogen-bond acceptors (Lipinski definition) is 1. The molecule has 82 valence electrons. The molecule has 0 aromatic rings. The van der Waals surface area contributed by atoms with Gasteiger partial charge in [-0.3, -0.25) is 0 Å². The Morgan fingerprint density at radius 3 is 2.43 bits per heavy atom. The van der Waals surface area contributed by atoms with Crippen LogP contribution >= 0.6 is 0 Å². The zero-order valence-electron chi connectivity index (χ0n) is 9.97. The van der Waals surface area contributed by atoms with Gasteiger partial charge in [-0.15, -0.1) is 0 Å². The lowest BCUT2D eigenvalue weighted by molar-refractivity contribution is 0.155. The van der Waals surface area contributed by atoms with Gasteiger partial charge in [-0.25, -0.2) is 0 Å². The van der Waals surface area contributed by atoms with Crippen LogP contribution in [0.2, 0.25) is 0 Å². The van der Waals surface area contributed by atoms with Crippen molar-refractivity contribution in [3.63, 3.8) is 0 Å². The minimum atomic E-state index is 0.518. The topological polar surface area (TPSA) is 12.0 Å². The number of piperidine rings is 1. The van der Waals surface area contributed by atoms with Gasteiger partial charge in [0, 0.05) is 6.04 Å². The molecule has 14 heavy (non-hydrogen) atoms. The zero-order chi connectivity index (χ0) is 10.2. The van der Waals surface area contributed by atoms with Gasteiger partial charge in [-0.05, 0) is 43.1 Å². The van der Waals surface area contributed by atoms with Crippen molar-refractivity contribution < 1.29 is 0 Å². The fraction of sp³-hybridized carbons (Fsp3) is 1.00. The molecule has 1 heteroatoms. The van der Waals surface area contributed by atoms with E-state index >= 15 is 0 Å². The quantitative estimate of drug-likeness (QED) is 0.713. The summed E-state index contributed by atoms with van der Waals surface area (Å²) < 4.78 is 0. The number of rotatable bonds is 2. The highest BCUT2D eigenvalue weighted by molar-refractivity contribution is 4.88. The Morgan fingerprint density at radius 1 is 1.14 bits per heavy atom. The highest BCUT2D eigenvalue weighted by Crippen LogP contribution is 2.39. The van der Waals surface area contributed by atoms with E-state index in [9.17, 15) is 0 Å². The van der Waals surface area contributed by atoms with E-state index in [0.29, 0.717) is 5.41 Å². The number of hydrogen-bond donors (Lipinski definition) is 1. The first kappa shape index (κ1) is 10.5. The fourth-order valence-electron chi connectivity index (χ4n) is 2.73. The van der Waals surface area contributed by atoms with Gasteiger partial charge in [0.05, 0.1) is 0 Å². The first-order valence-corrected chi connectivity index (χ1v) is 6.29. The first-order chi connectivity index (χ1) is 6.55. The van der Waals surface area contributed by atoms with Gasteiger partial charge in [0.2, 0.25) is 0 Å². The summed E-state index contributed by atoms with van der Waals surface area (Å²) >= 11 is 0. The second-order valence-corrected chi connectivity index (χ2v) is 6.42. The summed E-state index contributed by atoms with van der Waals surface area (Å²) in [6, 6.07) is 0.834. The van der Waals surface area contributed by atoms with Gasteiger partial charge >= 0.3 is 0 Å². The molecule has 1 heterocycles. The molecule has 0 radical (unpaired) electrons. The summed E-state index contributed by atoms with van der Waals surface area (Å²) in [6.07, 6.45) is 7.24. The molecule has 1 aliphatic carbocycles. The lowest BCUT2D eigenvalue weighted by atomic mass is 9.73. The average molecular weight is 195 g/mol. The molecular weight excluding hydrogens is 170 g/mol. The third-order valence-corrected chi connectivity index (χ3v) is 4.03. The van der Waals surface area contributed by atoms with E-state index in [1.807, 2.05) is 0 Å². The van der Waals surface area contributed by atoms with Crippen molar-refractivity contribution >= 4 is 0 Å². The van der Waals surface area contributed by atoms with Crippen molar-refractivity contribution in [2.75, 3.05) is 6.54 Å². The van der Waals surface area contributed by atoms with Crippen molar-refractivity contribution in [3.8, 4) is 0 Å². The van der Waals surface area contributed by atoms with E-state index in [-0.39, 0.29) is 0 Å². The molecule has 1 nitrogen and oxygen atoms in total. The van der Waals surface area contributed by atoms with Crippen LogP contribution in [0.4, 0.5) is 0 Å². The Hall–Kier alpha value is -0.0400. The predicted octanol–water partition coefficient (Wildman–Crippen LogP) is 3.20. The fourth-order valence-corrected chi connectivity index (χ4v) is 2.73. The van der Waals surface area contributed by atoms with Crippen LogP contribution < -0.4 is 5.32 Å². The highest BCUT2D eigenvalue weighted by Gasteiger charge is 2.33. The molecule has 1 aliphatic heterocycles. The molecule has 2 atom stereocenters. The molecule has 2 fully saturated rings. The highest BCUT2D eigenvalue weighted by atomic mass is 14.9. The Balaban J connectivity index is 1.83. The maximum Gasteiger partial charge on any atom is 0.00725 e. The molecule has 2 rings (SSSR count). The van der Waals surface area contributed by atoms with Crippen molar-refractivity contribution in [1.82, 2.24) is 5.32 Å². The molecule has 2 aliphatic rings. The van der Waals surface area contributed by atoms with Crippen molar-refractivity contribution in [1.29, 1.82) is 0 Å². The zero-order valence-corrected chi connectivity index (χ0v) is 9.97. The summed E-state index contributed by atoms with van der Waals surface area (Å²) in [7, 11) is 0. The van der Waals surface area contributed by atoms with E-state index in [0.717, 1.165) is 17.9 Å². The lowest BCUT2D eigenvalue weighted by Gasteiger charge is -2.38. The average Bonchev–Trinajstić information content (AvgIpc) is 2.87. The van der Waals surface area contributed by atoms with E-state index < -0.39 is 0 Å². The third-order valence-electron chi connectivity index (χ3n) is 4.03. The monoisotopic (exact) mass is 195 g/mol. The van der Waals surface area contributed by atoms with Gasteiger partial charge in [0.1, 0.15) is 0 Å². The van der Waals surface area contributed by atoms with Gasteiger partial charge in [-0.1, -0.05) is 33.6 Å². The summed E-state index contributed by atoms with van der Waals surface area (Å²) in [6.45, 7) is 8.45. The van der Waals surface area contributed by atoms with Gasteiger partial charge in [0.25, 0.3) is 0 Å². The van der Waals surface area contributed by atoms with Gasteiger partial charge in [0.15, 0.2) is 0 Å². The molecule has 1 saturated heterocycles. The lowest BCUT2D eigenvalue weighted by Crippen LogP contribution is -2.42. The van der Waals surface area contributed by atoms with Gasteiger partial charge < -0.3 is 5.32 Å². The van der Waals surface area contributed by atoms with Crippen LogP contribution in [-0.4, -0.2) is 12.6 Å². The van der Waals surface area contributed by atoms with Crippen LogP contribution in [0.15, 0.2) is 0 Å². The molecule has 0 aromatic carbocycles.